The predicted molar refractivity (Wildman–Crippen MR) is 47.8 cm³/mol. The molecule has 0 bridgehead atoms. The Bertz CT molecular complexity index is 288. The van der Waals surface area contributed by atoms with E-state index in [0.717, 1.165) is 12.2 Å². The molecule has 0 amide bonds. The van der Waals surface area contributed by atoms with E-state index in [1.54, 1.807) is 0 Å². The van der Waals surface area contributed by atoms with E-state index in [2.05, 4.69) is 0 Å². The van der Waals surface area contributed by atoms with E-state index in [1.807, 2.05) is 0 Å². The lowest BCUT2D eigenvalue weighted by molar-refractivity contribution is -0.138. The number of hydrogen-bond acceptors (Lipinski definition) is 3. The number of carbonyl (C=O) groups is 3. The maximum Gasteiger partial charge on any atom is 0.328 e. The summed E-state index contributed by atoms with van der Waals surface area (Å²) >= 11 is 0. The van der Waals surface area contributed by atoms with Crippen molar-refractivity contribution in [3.63, 3.8) is 0 Å². The monoisotopic (exact) mass is 198 g/mol. The van der Waals surface area contributed by atoms with Crippen molar-refractivity contribution in [2.24, 2.45) is 0 Å². The molecule has 0 spiro atoms. The molecule has 5 nitrogen and oxygen atoms in total. The Balaban J connectivity index is 3.82. The highest BCUT2D eigenvalue weighted by Gasteiger charge is 2.00. The summed E-state index contributed by atoms with van der Waals surface area (Å²) in [5.41, 5.74) is 0. The molecule has 0 rings (SSSR count). The molecule has 76 valence electrons. The van der Waals surface area contributed by atoms with Crippen molar-refractivity contribution in [3.8, 4) is 0 Å². The Labute approximate surface area is 80.4 Å². The molecule has 0 aliphatic rings. The minimum absolute atomic E-state index is 0.0766. The minimum Gasteiger partial charge on any atom is -0.481 e. The molecule has 0 aliphatic heterocycles. The van der Waals surface area contributed by atoms with Gasteiger partial charge in [0.1, 0.15) is 0 Å². The highest BCUT2D eigenvalue weighted by molar-refractivity contribution is 5.92. The van der Waals surface area contributed by atoms with E-state index in [4.69, 9.17) is 10.2 Å². The first kappa shape index (κ1) is 12.1. The number of carboxylic acids is 2. The summed E-state index contributed by atoms with van der Waals surface area (Å²) in [4.78, 5) is 30.9. The first-order valence-corrected chi connectivity index (χ1v) is 3.84. The van der Waals surface area contributed by atoms with Crippen LogP contribution in [0.15, 0.2) is 24.3 Å². The van der Waals surface area contributed by atoms with Gasteiger partial charge in [0.2, 0.25) is 0 Å². The molecule has 0 aromatic heterocycles. The number of hydrogen-bond donors (Lipinski definition) is 2. The van der Waals surface area contributed by atoms with Crippen LogP contribution in [0.5, 0.6) is 0 Å². The Morgan fingerprint density at radius 3 is 2.00 bits per heavy atom. The van der Waals surface area contributed by atoms with Gasteiger partial charge in [0.25, 0.3) is 0 Å². The number of aliphatic carboxylic acids is 2. The van der Waals surface area contributed by atoms with Gasteiger partial charge < -0.3 is 10.2 Å². The fraction of sp³-hybridized carbons (Fsp3) is 0.222. The zero-order chi connectivity index (χ0) is 11.0. The second kappa shape index (κ2) is 6.59. The largest absolute Gasteiger partial charge is 0.481 e. The van der Waals surface area contributed by atoms with Gasteiger partial charge in [-0.2, -0.15) is 0 Å². The number of carboxylic acid groups (broad SMARTS) is 2. The van der Waals surface area contributed by atoms with Crippen LogP contribution in [0.3, 0.4) is 0 Å². The van der Waals surface area contributed by atoms with Gasteiger partial charge in [0.05, 0.1) is 6.42 Å². The molecule has 0 unspecified atom stereocenters. The van der Waals surface area contributed by atoms with Gasteiger partial charge in [-0.05, 0) is 6.08 Å². The fourth-order valence-corrected chi connectivity index (χ4v) is 0.614. The average molecular weight is 198 g/mol. The van der Waals surface area contributed by atoms with Gasteiger partial charge >= 0.3 is 11.9 Å². The quantitative estimate of drug-likeness (QED) is 0.482. The summed E-state index contributed by atoms with van der Waals surface area (Å²) in [5, 5.41) is 16.4. The van der Waals surface area contributed by atoms with Gasteiger partial charge in [-0.25, -0.2) is 4.79 Å². The highest BCUT2D eigenvalue weighted by atomic mass is 16.4. The summed E-state index contributed by atoms with van der Waals surface area (Å²) < 4.78 is 0. The van der Waals surface area contributed by atoms with Crippen LogP contribution in [0.1, 0.15) is 12.8 Å². The molecule has 14 heavy (non-hydrogen) atoms. The lowest BCUT2D eigenvalue weighted by Gasteiger charge is -1.88. The molecular formula is C9H10O5. The summed E-state index contributed by atoms with van der Waals surface area (Å²) in [6.45, 7) is 0. The molecule has 0 radical (unpaired) electrons. The molecular weight excluding hydrogens is 188 g/mol. The average Bonchev–Trinajstić information content (AvgIpc) is 2.08. The molecule has 0 saturated heterocycles. The van der Waals surface area contributed by atoms with E-state index in [-0.39, 0.29) is 18.6 Å². The van der Waals surface area contributed by atoms with Gasteiger partial charge in [-0.1, -0.05) is 12.2 Å². The molecule has 0 aliphatic carbocycles. The molecule has 0 fully saturated rings. The third-order valence-electron chi connectivity index (χ3n) is 1.22. The maximum absolute atomic E-state index is 10.9. The predicted octanol–water partition coefficient (Wildman–Crippen LogP) is 0.617. The van der Waals surface area contributed by atoms with Crippen LogP contribution in [0.4, 0.5) is 0 Å². The number of allylic oxidation sites excluding steroid dienone is 3. The maximum atomic E-state index is 10.9. The summed E-state index contributed by atoms with van der Waals surface area (Å²) in [6, 6.07) is 0. The molecule has 0 aromatic rings. The second-order valence-electron chi connectivity index (χ2n) is 2.42. The Kier molecular flexibility index (Phi) is 5.69. The van der Waals surface area contributed by atoms with Gasteiger partial charge in [0, 0.05) is 12.5 Å². The number of carbonyl (C=O) groups excluding carboxylic acids is 1. The fourth-order valence-electron chi connectivity index (χ4n) is 0.614. The minimum atomic E-state index is -1.10. The number of rotatable bonds is 6. The Hall–Kier alpha value is -1.91. The molecule has 0 atom stereocenters. The Morgan fingerprint density at radius 2 is 1.50 bits per heavy atom. The summed E-state index contributed by atoms with van der Waals surface area (Å²) in [6.07, 6.45) is 4.18. The number of ketones is 1. The van der Waals surface area contributed by atoms with Crippen LogP contribution in [-0.2, 0) is 14.4 Å². The van der Waals surface area contributed by atoms with Gasteiger partial charge in [0.15, 0.2) is 5.78 Å². The van der Waals surface area contributed by atoms with Crippen LogP contribution in [0, 0.1) is 0 Å². The van der Waals surface area contributed by atoms with Crippen molar-refractivity contribution in [2.75, 3.05) is 0 Å². The van der Waals surface area contributed by atoms with E-state index >= 15 is 0 Å². The zero-order valence-corrected chi connectivity index (χ0v) is 7.34. The second-order valence-corrected chi connectivity index (χ2v) is 2.42. The van der Waals surface area contributed by atoms with Crippen LogP contribution >= 0.6 is 0 Å². The molecule has 0 aromatic carbocycles. The lowest BCUT2D eigenvalue weighted by atomic mass is 10.2. The van der Waals surface area contributed by atoms with E-state index < -0.39 is 11.9 Å². The van der Waals surface area contributed by atoms with Crippen LogP contribution in [-0.4, -0.2) is 27.9 Å². The van der Waals surface area contributed by atoms with Crippen molar-refractivity contribution in [1.82, 2.24) is 0 Å². The Morgan fingerprint density at radius 1 is 0.929 bits per heavy atom. The van der Waals surface area contributed by atoms with Crippen molar-refractivity contribution in [2.45, 2.75) is 12.8 Å². The van der Waals surface area contributed by atoms with Crippen LogP contribution < -0.4 is 0 Å². The van der Waals surface area contributed by atoms with Crippen LogP contribution in [0.25, 0.3) is 0 Å². The molecule has 0 saturated carbocycles. The van der Waals surface area contributed by atoms with Crippen molar-refractivity contribution in [3.05, 3.63) is 24.3 Å². The van der Waals surface area contributed by atoms with Gasteiger partial charge in [-0.15, -0.1) is 0 Å². The van der Waals surface area contributed by atoms with Crippen LogP contribution in [0.2, 0.25) is 0 Å². The van der Waals surface area contributed by atoms with Crippen molar-refractivity contribution >= 4 is 17.7 Å². The SMILES string of the molecule is O=C(O)C=CC=CC(=O)CCC(=O)O. The first-order chi connectivity index (χ1) is 6.52. The highest BCUT2D eigenvalue weighted by Crippen LogP contribution is 1.92. The molecule has 5 heteroatoms. The topological polar surface area (TPSA) is 91.7 Å². The van der Waals surface area contributed by atoms with E-state index in [1.165, 1.54) is 12.2 Å². The molecule has 0 heterocycles. The smallest absolute Gasteiger partial charge is 0.328 e. The van der Waals surface area contributed by atoms with E-state index in [0.29, 0.717) is 0 Å². The standard InChI is InChI=1S/C9H10O5/c10-7(5-6-9(13)14)3-1-2-4-8(11)12/h1-4H,5-6H2,(H,11,12)(H,13,14). The first-order valence-electron chi connectivity index (χ1n) is 3.84. The third kappa shape index (κ3) is 8.19. The lowest BCUT2D eigenvalue weighted by Crippen LogP contribution is -1.99. The van der Waals surface area contributed by atoms with Crippen molar-refractivity contribution < 1.29 is 24.6 Å². The molecule has 2 N–H and O–H groups in total. The van der Waals surface area contributed by atoms with Crippen molar-refractivity contribution in [1.29, 1.82) is 0 Å². The normalized spacial score (nSPS) is 10.9. The zero-order valence-electron chi connectivity index (χ0n) is 7.34. The summed E-state index contributed by atoms with van der Waals surface area (Å²) in [5.74, 6) is -2.48. The van der Waals surface area contributed by atoms with Gasteiger partial charge in [-0.3, -0.25) is 9.59 Å². The third-order valence-corrected chi connectivity index (χ3v) is 1.22. The summed E-state index contributed by atoms with van der Waals surface area (Å²) in [7, 11) is 0. The van der Waals surface area contributed by atoms with E-state index in [9.17, 15) is 14.4 Å².